The summed E-state index contributed by atoms with van der Waals surface area (Å²) in [5.74, 6) is -3.00. The molecule has 0 heterocycles. The first-order chi connectivity index (χ1) is 14.8. The predicted molar refractivity (Wildman–Crippen MR) is 112 cm³/mol. The van der Waals surface area contributed by atoms with E-state index in [2.05, 4.69) is 10.6 Å². The maximum atomic E-state index is 12.3. The summed E-state index contributed by atoms with van der Waals surface area (Å²) in [6, 6.07) is -5.47. The SMILES string of the molecule is CCCC(=O)NC(C)C(=O)NC(=O)NC(CC(C)C)C(=O)NC(=O)NC(=O)NCC(N)=O. The summed E-state index contributed by atoms with van der Waals surface area (Å²) in [4.78, 5) is 81.9. The van der Waals surface area contributed by atoms with Crippen molar-refractivity contribution in [2.24, 2.45) is 11.7 Å². The van der Waals surface area contributed by atoms with Gasteiger partial charge >= 0.3 is 18.1 Å². The van der Waals surface area contributed by atoms with Crippen molar-refractivity contribution >= 4 is 41.7 Å². The van der Waals surface area contributed by atoms with Gasteiger partial charge in [-0.2, -0.15) is 0 Å². The quantitative estimate of drug-likeness (QED) is 0.207. The number of nitrogens with two attached hydrogens (primary N) is 1. The Bertz CT molecular complexity index is 739. The van der Waals surface area contributed by atoms with Gasteiger partial charge < -0.3 is 21.7 Å². The number of carbonyl (C=O) groups excluding carboxylic acids is 7. The Morgan fingerprint density at radius 2 is 1.38 bits per heavy atom. The topological polar surface area (TPSA) is 218 Å². The number of rotatable bonds is 10. The van der Waals surface area contributed by atoms with Crippen LogP contribution < -0.4 is 37.6 Å². The van der Waals surface area contributed by atoms with E-state index in [1.165, 1.54) is 6.92 Å². The summed E-state index contributed by atoms with van der Waals surface area (Å²) < 4.78 is 0. The van der Waals surface area contributed by atoms with Crippen LogP contribution in [0.15, 0.2) is 0 Å². The molecule has 8 N–H and O–H groups in total. The van der Waals surface area contributed by atoms with Crippen LogP contribution in [-0.4, -0.2) is 60.4 Å². The second-order valence-corrected chi connectivity index (χ2v) is 7.28. The van der Waals surface area contributed by atoms with Gasteiger partial charge in [0, 0.05) is 6.42 Å². The van der Waals surface area contributed by atoms with Crippen molar-refractivity contribution in [3.05, 3.63) is 0 Å². The molecular weight excluding hydrogens is 426 g/mol. The highest BCUT2D eigenvalue weighted by Gasteiger charge is 2.26. The van der Waals surface area contributed by atoms with Crippen LogP contribution in [0.3, 0.4) is 0 Å². The van der Waals surface area contributed by atoms with Gasteiger partial charge in [0.1, 0.15) is 12.1 Å². The second kappa shape index (κ2) is 14.3. The first-order valence-electron chi connectivity index (χ1n) is 9.94. The zero-order valence-corrected chi connectivity index (χ0v) is 18.5. The van der Waals surface area contributed by atoms with Gasteiger partial charge in [-0.1, -0.05) is 20.8 Å². The minimum atomic E-state index is -1.22. The Morgan fingerprint density at radius 1 is 0.781 bits per heavy atom. The van der Waals surface area contributed by atoms with Crippen LogP contribution in [0.4, 0.5) is 14.4 Å². The first-order valence-corrected chi connectivity index (χ1v) is 9.94. The van der Waals surface area contributed by atoms with Crippen LogP contribution in [0.5, 0.6) is 0 Å². The average molecular weight is 457 g/mol. The number of primary amides is 1. The summed E-state index contributed by atoms with van der Waals surface area (Å²) in [6.45, 7) is 6.19. The molecule has 0 rings (SSSR count). The lowest BCUT2D eigenvalue weighted by Crippen LogP contribution is -2.56. The number of hydrogen-bond donors (Lipinski definition) is 7. The monoisotopic (exact) mass is 457 g/mol. The normalized spacial score (nSPS) is 12.0. The molecule has 0 bridgehead atoms. The molecule has 0 fully saturated rings. The first kappa shape index (κ1) is 28.3. The fraction of sp³-hybridized carbons (Fsp3) is 0.611. The van der Waals surface area contributed by atoms with Gasteiger partial charge in [0.2, 0.25) is 17.7 Å². The van der Waals surface area contributed by atoms with Crippen molar-refractivity contribution in [2.45, 2.75) is 59.0 Å². The molecule has 0 spiro atoms. The lowest BCUT2D eigenvalue weighted by molar-refractivity contribution is -0.128. The maximum absolute atomic E-state index is 12.3. The van der Waals surface area contributed by atoms with E-state index >= 15 is 0 Å². The van der Waals surface area contributed by atoms with Gasteiger partial charge in [0.25, 0.3) is 5.91 Å². The number of urea groups is 3. The molecule has 0 saturated heterocycles. The average Bonchev–Trinajstić information content (AvgIpc) is 2.65. The molecule has 0 aromatic rings. The lowest BCUT2D eigenvalue weighted by atomic mass is 10.0. The van der Waals surface area contributed by atoms with E-state index in [4.69, 9.17) is 5.73 Å². The lowest BCUT2D eigenvalue weighted by Gasteiger charge is -2.20. The van der Waals surface area contributed by atoms with Crippen LogP contribution in [0.1, 0.15) is 47.0 Å². The molecule has 14 nitrogen and oxygen atoms in total. The van der Waals surface area contributed by atoms with Gasteiger partial charge in [-0.15, -0.1) is 0 Å². The van der Waals surface area contributed by atoms with Crippen LogP contribution in [0.2, 0.25) is 0 Å². The maximum Gasteiger partial charge on any atom is 0.329 e. The fourth-order valence-corrected chi connectivity index (χ4v) is 2.27. The standard InChI is InChI=1S/C18H31N7O7/c1-5-6-13(27)21-10(4)14(28)23-17(31)22-11(7-9(2)3)15(29)24-18(32)25-16(30)20-8-12(19)26/h9-11H,5-8H2,1-4H3,(H2,19,26)(H,21,27)(H2,22,23,28,31)(H3,20,24,25,29,30,32). The van der Waals surface area contributed by atoms with Crippen molar-refractivity contribution in [2.75, 3.05) is 6.54 Å². The molecule has 14 heteroatoms. The van der Waals surface area contributed by atoms with Crippen molar-refractivity contribution < 1.29 is 33.6 Å². The Labute approximate surface area is 185 Å². The number of nitrogens with one attached hydrogen (secondary N) is 6. The van der Waals surface area contributed by atoms with Crippen LogP contribution in [-0.2, 0) is 19.2 Å². The van der Waals surface area contributed by atoms with Crippen LogP contribution in [0, 0.1) is 5.92 Å². The molecule has 0 aromatic heterocycles. The summed E-state index contributed by atoms with van der Waals surface area (Å²) in [5, 5.41) is 12.3. The molecular formula is C18H31N7O7. The van der Waals surface area contributed by atoms with Gasteiger partial charge in [-0.3, -0.25) is 35.1 Å². The number of carbonyl (C=O) groups is 7. The molecule has 2 atom stereocenters. The van der Waals surface area contributed by atoms with E-state index in [0.717, 1.165) is 0 Å². The third kappa shape index (κ3) is 12.8. The Kier molecular flexibility index (Phi) is 12.7. The molecule has 180 valence electrons. The zero-order valence-electron chi connectivity index (χ0n) is 18.5. The predicted octanol–water partition coefficient (Wildman–Crippen LogP) is -1.45. The third-order valence-electron chi connectivity index (χ3n) is 3.70. The molecule has 10 amide bonds. The zero-order chi connectivity index (χ0) is 24.8. The van der Waals surface area contributed by atoms with E-state index in [1.54, 1.807) is 26.1 Å². The highest BCUT2D eigenvalue weighted by atomic mass is 16.2. The second-order valence-electron chi connectivity index (χ2n) is 7.28. The number of imide groups is 3. The van der Waals surface area contributed by atoms with Crippen molar-refractivity contribution in [1.82, 2.24) is 31.9 Å². The summed E-state index contributed by atoms with van der Waals surface area (Å²) in [6.07, 6.45) is 0.924. The molecule has 0 saturated carbocycles. The molecule has 0 aliphatic carbocycles. The molecule has 0 aromatic carbocycles. The van der Waals surface area contributed by atoms with Crippen molar-refractivity contribution in [3.8, 4) is 0 Å². The number of hydrogen-bond acceptors (Lipinski definition) is 7. The van der Waals surface area contributed by atoms with Crippen molar-refractivity contribution in [1.29, 1.82) is 0 Å². The third-order valence-corrected chi connectivity index (χ3v) is 3.70. The van der Waals surface area contributed by atoms with E-state index in [0.29, 0.717) is 6.42 Å². The van der Waals surface area contributed by atoms with Crippen LogP contribution in [0.25, 0.3) is 0 Å². The molecule has 0 aliphatic rings. The molecule has 0 radical (unpaired) electrons. The van der Waals surface area contributed by atoms with Crippen molar-refractivity contribution in [3.63, 3.8) is 0 Å². The highest BCUT2D eigenvalue weighted by molar-refractivity contribution is 6.05. The Morgan fingerprint density at radius 3 is 1.91 bits per heavy atom. The number of amides is 10. The summed E-state index contributed by atoms with van der Waals surface area (Å²) >= 11 is 0. The van der Waals surface area contributed by atoms with Gasteiger partial charge in [-0.25, -0.2) is 14.4 Å². The summed E-state index contributed by atoms with van der Waals surface area (Å²) in [7, 11) is 0. The van der Waals surface area contributed by atoms with E-state index in [-0.39, 0.29) is 24.7 Å². The van der Waals surface area contributed by atoms with E-state index < -0.39 is 54.4 Å². The van der Waals surface area contributed by atoms with Gasteiger partial charge in [0.05, 0.1) is 6.54 Å². The highest BCUT2D eigenvalue weighted by Crippen LogP contribution is 2.05. The van der Waals surface area contributed by atoms with Gasteiger partial charge in [-0.05, 0) is 25.7 Å². The van der Waals surface area contributed by atoms with E-state index in [1.807, 2.05) is 16.0 Å². The van der Waals surface area contributed by atoms with E-state index in [9.17, 15) is 33.6 Å². The molecule has 0 aliphatic heterocycles. The summed E-state index contributed by atoms with van der Waals surface area (Å²) in [5.41, 5.74) is 4.85. The molecule has 32 heavy (non-hydrogen) atoms. The van der Waals surface area contributed by atoms with Crippen LogP contribution >= 0.6 is 0 Å². The smallest absolute Gasteiger partial charge is 0.329 e. The minimum Gasteiger partial charge on any atom is -0.368 e. The Balaban J connectivity index is 4.84. The largest absolute Gasteiger partial charge is 0.368 e. The molecule has 2 unspecified atom stereocenters. The Hall–Kier alpha value is -3.71. The van der Waals surface area contributed by atoms with Gasteiger partial charge in [0.15, 0.2) is 0 Å². The fourth-order valence-electron chi connectivity index (χ4n) is 2.27. The minimum absolute atomic E-state index is 0.0871.